The van der Waals surface area contributed by atoms with Crippen molar-refractivity contribution in [3.63, 3.8) is 0 Å². The molecule has 2 aromatic carbocycles. The normalized spacial score (nSPS) is 13.0. The van der Waals surface area contributed by atoms with Crippen LogP contribution in [0.25, 0.3) is 0 Å². The quantitative estimate of drug-likeness (QED) is 0.378. The number of anilines is 1. The number of hydrogen-bond donors (Lipinski definition) is 2. The van der Waals surface area contributed by atoms with E-state index in [1.165, 1.54) is 0 Å². The molecule has 2 N–H and O–H groups in total. The zero-order chi connectivity index (χ0) is 25.0. The van der Waals surface area contributed by atoms with E-state index in [2.05, 4.69) is 12.2 Å². The van der Waals surface area contributed by atoms with Crippen LogP contribution in [-0.4, -0.2) is 66.1 Å². The number of carboxylic acids is 1. The van der Waals surface area contributed by atoms with E-state index in [1.54, 1.807) is 0 Å². The molecule has 186 valence electrons. The van der Waals surface area contributed by atoms with Gasteiger partial charge in [0, 0.05) is 12.2 Å². The second-order valence-electron chi connectivity index (χ2n) is 8.79. The van der Waals surface area contributed by atoms with E-state index in [0.717, 1.165) is 25.0 Å². The number of nitrogens with one attached hydrogen (secondary N) is 1. The molecule has 0 bridgehead atoms. The number of rotatable bonds is 15. The minimum atomic E-state index is -0.817. The van der Waals surface area contributed by atoms with Crippen molar-refractivity contribution < 1.29 is 19.4 Å². The van der Waals surface area contributed by atoms with Gasteiger partial charge in [-0.15, -0.1) is 0 Å². The minimum Gasteiger partial charge on any atom is -0.480 e. The molecule has 0 heterocycles. The van der Waals surface area contributed by atoms with Crippen molar-refractivity contribution in [2.45, 2.75) is 51.5 Å². The van der Waals surface area contributed by atoms with Crippen molar-refractivity contribution in [1.29, 1.82) is 0 Å². The lowest BCUT2D eigenvalue weighted by Gasteiger charge is -2.38. The number of carbonyl (C=O) groups is 2. The first-order chi connectivity index (χ1) is 16.3. The van der Waals surface area contributed by atoms with Gasteiger partial charge >= 0.3 is 5.97 Å². The summed E-state index contributed by atoms with van der Waals surface area (Å²) >= 11 is 0. The average Bonchev–Trinajstić information content (AvgIpc) is 2.81. The Morgan fingerprint density at radius 1 is 0.941 bits per heavy atom. The SMILES string of the molecule is CCCCC(CC)(C(=O)O)N(C)CCCN(C)CC(=O)Nc1ccc(Oc2ccccc2)cc1. The average molecular weight is 470 g/mol. The fourth-order valence-corrected chi connectivity index (χ4v) is 4.08. The summed E-state index contributed by atoms with van der Waals surface area (Å²) in [7, 11) is 3.79. The van der Waals surface area contributed by atoms with Crippen LogP contribution in [0.2, 0.25) is 0 Å². The third-order valence-corrected chi connectivity index (χ3v) is 6.22. The maximum atomic E-state index is 12.4. The van der Waals surface area contributed by atoms with E-state index in [0.29, 0.717) is 37.4 Å². The van der Waals surface area contributed by atoms with E-state index in [9.17, 15) is 14.7 Å². The van der Waals surface area contributed by atoms with Crippen LogP contribution in [0, 0.1) is 0 Å². The Bertz CT molecular complexity index is 889. The number of para-hydroxylation sites is 1. The molecule has 1 unspecified atom stereocenters. The molecule has 34 heavy (non-hydrogen) atoms. The number of ether oxygens (including phenoxy) is 1. The van der Waals surface area contributed by atoms with Crippen molar-refractivity contribution in [3.8, 4) is 11.5 Å². The molecule has 7 nitrogen and oxygen atoms in total. The molecular weight excluding hydrogens is 430 g/mol. The van der Waals surface area contributed by atoms with Gasteiger partial charge in [0.05, 0.1) is 6.54 Å². The van der Waals surface area contributed by atoms with E-state index in [1.807, 2.05) is 85.4 Å². The Hall–Kier alpha value is -2.90. The Balaban J connectivity index is 1.77. The number of nitrogens with zero attached hydrogens (tertiary/aromatic N) is 2. The first-order valence-electron chi connectivity index (χ1n) is 12.1. The highest BCUT2D eigenvalue weighted by Gasteiger charge is 2.39. The van der Waals surface area contributed by atoms with Crippen molar-refractivity contribution in [2.24, 2.45) is 0 Å². The summed E-state index contributed by atoms with van der Waals surface area (Å²) in [6.45, 7) is 5.65. The number of carboxylic acid groups (broad SMARTS) is 1. The number of unbranched alkanes of at least 4 members (excludes halogenated alkanes) is 1. The molecule has 0 spiro atoms. The molecule has 0 saturated carbocycles. The monoisotopic (exact) mass is 469 g/mol. The summed E-state index contributed by atoms with van der Waals surface area (Å²) in [5.41, 5.74) is -0.105. The van der Waals surface area contributed by atoms with Crippen molar-refractivity contribution in [3.05, 3.63) is 54.6 Å². The lowest BCUT2D eigenvalue weighted by atomic mass is 9.88. The molecule has 0 aliphatic heterocycles. The number of amides is 1. The van der Waals surface area contributed by atoms with Gasteiger partial charge in [0.25, 0.3) is 0 Å². The van der Waals surface area contributed by atoms with Gasteiger partial charge in [-0.2, -0.15) is 0 Å². The number of carbonyl (C=O) groups excluding carboxylic acids is 1. The van der Waals surface area contributed by atoms with Crippen LogP contribution < -0.4 is 10.1 Å². The van der Waals surface area contributed by atoms with Gasteiger partial charge in [0.15, 0.2) is 0 Å². The lowest BCUT2D eigenvalue weighted by Crippen LogP contribution is -2.53. The van der Waals surface area contributed by atoms with Crippen molar-refractivity contribution >= 4 is 17.6 Å². The fourth-order valence-electron chi connectivity index (χ4n) is 4.08. The smallest absolute Gasteiger partial charge is 0.324 e. The van der Waals surface area contributed by atoms with E-state index in [-0.39, 0.29) is 12.5 Å². The Morgan fingerprint density at radius 2 is 1.59 bits per heavy atom. The fraction of sp³-hybridized carbons (Fsp3) is 0.481. The summed E-state index contributed by atoms with van der Waals surface area (Å²) in [6, 6.07) is 16.8. The molecule has 0 radical (unpaired) electrons. The molecule has 7 heteroatoms. The summed E-state index contributed by atoms with van der Waals surface area (Å²) in [4.78, 5) is 28.4. The molecule has 0 aliphatic rings. The summed E-state index contributed by atoms with van der Waals surface area (Å²) in [6.07, 6.45) is 3.88. The van der Waals surface area contributed by atoms with Crippen LogP contribution in [-0.2, 0) is 9.59 Å². The van der Waals surface area contributed by atoms with Crippen LogP contribution in [0.1, 0.15) is 46.0 Å². The largest absolute Gasteiger partial charge is 0.480 e. The predicted octanol–water partition coefficient (Wildman–Crippen LogP) is 5.09. The Kier molecular flexibility index (Phi) is 11.0. The highest BCUT2D eigenvalue weighted by atomic mass is 16.5. The second-order valence-corrected chi connectivity index (χ2v) is 8.79. The zero-order valence-corrected chi connectivity index (χ0v) is 20.9. The maximum Gasteiger partial charge on any atom is 0.324 e. The standard InChI is InChI=1S/C27H39N3O4/c1-5-7-18-27(6-2,26(32)33)30(4)20-11-19-29(3)21-25(31)28-22-14-16-24(17-15-22)34-23-12-9-8-10-13-23/h8-10,12-17H,5-7,11,18-21H2,1-4H3,(H,28,31)(H,32,33). The Labute approximate surface area is 203 Å². The zero-order valence-electron chi connectivity index (χ0n) is 20.9. The van der Waals surface area contributed by atoms with Crippen molar-refractivity contribution in [1.82, 2.24) is 9.80 Å². The third kappa shape index (κ3) is 8.15. The molecule has 1 atom stereocenters. The number of benzene rings is 2. The highest BCUT2D eigenvalue weighted by Crippen LogP contribution is 2.26. The van der Waals surface area contributed by atoms with Crippen LogP contribution >= 0.6 is 0 Å². The number of hydrogen-bond acceptors (Lipinski definition) is 5. The molecule has 2 rings (SSSR count). The highest BCUT2D eigenvalue weighted by molar-refractivity contribution is 5.92. The van der Waals surface area contributed by atoms with Crippen LogP contribution in [0.3, 0.4) is 0 Å². The van der Waals surface area contributed by atoms with E-state index in [4.69, 9.17) is 4.74 Å². The van der Waals surface area contributed by atoms with Gasteiger partial charge in [0.2, 0.25) is 5.91 Å². The van der Waals surface area contributed by atoms with E-state index >= 15 is 0 Å². The van der Waals surface area contributed by atoms with Gasteiger partial charge < -0.3 is 15.2 Å². The molecule has 0 aliphatic carbocycles. The van der Waals surface area contributed by atoms with Crippen LogP contribution in [0.15, 0.2) is 54.6 Å². The van der Waals surface area contributed by atoms with Crippen LogP contribution in [0.4, 0.5) is 5.69 Å². The third-order valence-electron chi connectivity index (χ3n) is 6.22. The first kappa shape index (κ1) is 27.3. The molecular formula is C27H39N3O4. The summed E-state index contributed by atoms with van der Waals surface area (Å²) in [5, 5.41) is 12.8. The summed E-state index contributed by atoms with van der Waals surface area (Å²) < 4.78 is 5.77. The van der Waals surface area contributed by atoms with Gasteiger partial charge in [-0.25, -0.2) is 0 Å². The maximum absolute atomic E-state index is 12.4. The summed E-state index contributed by atoms with van der Waals surface area (Å²) in [5.74, 6) is 0.619. The Morgan fingerprint density at radius 3 is 2.18 bits per heavy atom. The van der Waals surface area contributed by atoms with Gasteiger partial charge in [-0.1, -0.05) is 44.9 Å². The van der Waals surface area contributed by atoms with Crippen LogP contribution in [0.5, 0.6) is 11.5 Å². The van der Waals surface area contributed by atoms with E-state index < -0.39 is 11.5 Å². The van der Waals surface area contributed by atoms with Gasteiger partial charge in [-0.3, -0.25) is 19.4 Å². The van der Waals surface area contributed by atoms with Gasteiger partial charge in [-0.05, 0) is 76.3 Å². The lowest BCUT2D eigenvalue weighted by molar-refractivity contribution is -0.151. The number of likely N-dealkylation sites (N-methyl/N-ethyl adjacent to an activating group) is 2. The molecule has 0 saturated heterocycles. The first-order valence-corrected chi connectivity index (χ1v) is 12.1. The second kappa shape index (κ2) is 13.7. The minimum absolute atomic E-state index is 0.0935. The molecule has 0 aromatic heterocycles. The molecule has 2 aromatic rings. The topological polar surface area (TPSA) is 82.1 Å². The van der Waals surface area contributed by atoms with Gasteiger partial charge in [0.1, 0.15) is 17.0 Å². The number of aliphatic carboxylic acids is 1. The predicted molar refractivity (Wildman–Crippen MR) is 137 cm³/mol. The van der Waals surface area contributed by atoms with Crippen molar-refractivity contribution in [2.75, 3.05) is 39.0 Å². The molecule has 1 amide bonds. The molecule has 0 fully saturated rings.